The highest BCUT2D eigenvalue weighted by molar-refractivity contribution is 7.17. The third kappa shape index (κ3) is 4.78. The largest absolute Gasteiger partial charge is 0.462 e. The predicted molar refractivity (Wildman–Crippen MR) is 92.7 cm³/mol. The van der Waals surface area contributed by atoms with Gasteiger partial charge in [-0.15, -0.1) is 11.3 Å². The Morgan fingerprint density at radius 1 is 1.32 bits per heavy atom. The molecule has 2 N–H and O–H groups in total. The number of hydrogen-bond acceptors (Lipinski definition) is 6. The third-order valence-corrected chi connectivity index (χ3v) is 4.53. The van der Waals surface area contributed by atoms with Crippen molar-refractivity contribution in [3.05, 3.63) is 35.2 Å². The Morgan fingerprint density at radius 3 is 2.80 bits per heavy atom. The lowest BCUT2D eigenvalue weighted by Gasteiger charge is -2.17. The summed E-state index contributed by atoms with van der Waals surface area (Å²) in [7, 11) is 1.09. The minimum atomic E-state index is -1.06. The maximum atomic E-state index is 12.3. The van der Waals surface area contributed by atoms with Crippen LogP contribution in [0.1, 0.15) is 12.0 Å². The summed E-state index contributed by atoms with van der Waals surface area (Å²) in [6.07, 6.45) is 0.385. The Kier molecular flexibility index (Phi) is 6.48. The number of fused-ring (bicyclic) bond motifs is 1. The summed E-state index contributed by atoms with van der Waals surface area (Å²) in [6.45, 7) is 0.171. The number of rotatable bonds is 6. The standard InChI is InChI=1S/C17H17N3O4S/c1-24-17(23)16(22)20-13(15(21)19-8-4-7-18)9-11-10-25-14-6-3-2-5-12(11)14/h2-3,5-6,10,13H,4,8-9H2,1H3,(H,19,21)(H,20,22). The number of amides is 2. The third-order valence-electron chi connectivity index (χ3n) is 3.51. The van der Waals surface area contributed by atoms with Crippen LogP contribution < -0.4 is 10.6 Å². The van der Waals surface area contributed by atoms with E-state index in [0.717, 1.165) is 22.8 Å². The molecule has 1 aromatic carbocycles. The number of nitriles is 1. The zero-order valence-corrected chi connectivity index (χ0v) is 14.4. The number of carbonyl (C=O) groups excluding carboxylic acids is 3. The second kappa shape index (κ2) is 8.80. The molecule has 0 radical (unpaired) electrons. The van der Waals surface area contributed by atoms with Crippen LogP contribution in [0.5, 0.6) is 0 Å². The molecule has 130 valence electrons. The fourth-order valence-corrected chi connectivity index (χ4v) is 3.27. The molecular weight excluding hydrogens is 342 g/mol. The molecule has 0 aliphatic rings. The van der Waals surface area contributed by atoms with Crippen LogP contribution >= 0.6 is 11.3 Å². The molecule has 2 amide bonds. The van der Waals surface area contributed by atoms with Gasteiger partial charge in [0, 0.05) is 17.7 Å². The van der Waals surface area contributed by atoms with E-state index < -0.39 is 23.8 Å². The van der Waals surface area contributed by atoms with E-state index in [-0.39, 0.29) is 19.4 Å². The number of esters is 1. The highest BCUT2D eigenvalue weighted by Crippen LogP contribution is 2.26. The molecule has 0 bridgehead atoms. The van der Waals surface area contributed by atoms with Crippen molar-refractivity contribution in [2.45, 2.75) is 18.9 Å². The minimum Gasteiger partial charge on any atom is -0.462 e. The van der Waals surface area contributed by atoms with Crippen molar-refractivity contribution >= 4 is 39.2 Å². The Morgan fingerprint density at radius 2 is 2.08 bits per heavy atom. The van der Waals surface area contributed by atoms with Gasteiger partial charge in [0.1, 0.15) is 6.04 Å². The Bertz CT molecular complexity index is 825. The molecule has 0 spiro atoms. The lowest BCUT2D eigenvalue weighted by Crippen LogP contribution is -2.50. The average molecular weight is 359 g/mol. The van der Waals surface area contributed by atoms with Gasteiger partial charge in [0.05, 0.1) is 19.6 Å². The molecule has 0 fully saturated rings. The zero-order chi connectivity index (χ0) is 18.2. The zero-order valence-electron chi connectivity index (χ0n) is 13.6. The van der Waals surface area contributed by atoms with Crippen molar-refractivity contribution in [3.8, 4) is 6.07 Å². The van der Waals surface area contributed by atoms with Gasteiger partial charge in [-0.3, -0.25) is 9.59 Å². The first-order valence-electron chi connectivity index (χ1n) is 7.55. The van der Waals surface area contributed by atoms with Gasteiger partial charge >= 0.3 is 11.9 Å². The van der Waals surface area contributed by atoms with E-state index >= 15 is 0 Å². The second-order valence-electron chi connectivity index (χ2n) is 5.18. The van der Waals surface area contributed by atoms with Gasteiger partial charge < -0.3 is 15.4 Å². The highest BCUT2D eigenvalue weighted by Gasteiger charge is 2.25. The SMILES string of the molecule is COC(=O)C(=O)NC(Cc1csc2ccccc12)C(=O)NCCC#N. The summed E-state index contributed by atoms with van der Waals surface area (Å²) in [5, 5.41) is 16.5. The van der Waals surface area contributed by atoms with Crippen molar-refractivity contribution in [1.29, 1.82) is 5.26 Å². The summed E-state index contributed by atoms with van der Waals surface area (Å²) < 4.78 is 5.44. The average Bonchev–Trinajstić information content (AvgIpc) is 3.03. The van der Waals surface area contributed by atoms with Gasteiger partial charge in [0.15, 0.2) is 0 Å². The lowest BCUT2D eigenvalue weighted by atomic mass is 10.0. The number of ether oxygens (including phenoxy) is 1. The molecule has 0 aliphatic carbocycles. The van der Waals surface area contributed by atoms with Crippen molar-refractivity contribution in [2.24, 2.45) is 0 Å². The van der Waals surface area contributed by atoms with Crippen LogP contribution in [0.15, 0.2) is 29.6 Å². The number of carbonyl (C=O) groups is 3. The fraction of sp³-hybridized carbons (Fsp3) is 0.294. The molecule has 0 aliphatic heterocycles. The number of nitrogens with one attached hydrogen (secondary N) is 2. The van der Waals surface area contributed by atoms with Crippen molar-refractivity contribution < 1.29 is 19.1 Å². The molecule has 2 aromatic rings. The van der Waals surface area contributed by atoms with E-state index in [9.17, 15) is 14.4 Å². The first-order chi connectivity index (χ1) is 12.1. The number of methoxy groups -OCH3 is 1. The Hall–Kier alpha value is -2.92. The van der Waals surface area contributed by atoms with Gasteiger partial charge in [-0.25, -0.2) is 4.79 Å². The predicted octanol–water partition coefficient (Wildman–Crippen LogP) is 1.13. The molecular formula is C17H17N3O4S. The smallest absolute Gasteiger partial charge is 0.396 e. The topological polar surface area (TPSA) is 108 Å². The van der Waals surface area contributed by atoms with Gasteiger partial charge in [-0.1, -0.05) is 18.2 Å². The van der Waals surface area contributed by atoms with E-state index in [0.29, 0.717) is 0 Å². The molecule has 1 heterocycles. The van der Waals surface area contributed by atoms with Crippen LogP contribution in [0, 0.1) is 11.3 Å². The van der Waals surface area contributed by atoms with Crippen LogP contribution in [0.3, 0.4) is 0 Å². The summed E-state index contributed by atoms with van der Waals surface area (Å²) >= 11 is 1.54. The van der Waals surface area contributed by atoms with E-state index in [1.54, 1.807) is 0 Å². The second-order valence-corrected chi connectivity index (χ2v) is 6.09. The first-order valence-corrected chi connectivity index (χ1v) is 8.43. The summed E-state index contributed by atoms with van der Waals surface area (Å²) in [4.78, 5) is 35.5. The molecule has 0 saturated heterocycles. The van der Waals surface area contributed by atoms with Crippen molar-refractivity contribution in [2.75, 3.05) is 13.7 Å². The lowest BCUT2D eigenvalue weighted by molar-refractivity contribution is -0.153. The summed E-state index contributed by atoms with van der Waals surface area (Å²) in [6, 6.07) is 8.71. The highest BCUT2D eigenvalue weighted by atomic mass is 32.1. The molecule has 2 rings (SSSR count). The maximum absolute atomic E-state index is 12.3. The maximum Gasteiger partial charge on any atom is 0.396 e. The quantitative estimate of drug-likeness (QED) is 0.457. The Labute approximate surface area is 148 Å². The number of hydrogen-bond donors (Lipinski definition) is 2. The first kappa shape index (κ1) is 18.4. The normalized spacial score (nSPS) is 11.4. The molecule has 1 aromatic heterocycles. The van der Waals surface area contributed by atoms with Crippen molar-refractivity contribution in [1.82, 2.24) is 10.6 Å². The van der Waals surface area contributed by atoms with E-state index in [4.69, 9.17) is 5.26 Å². The van der Waals surface area contributed by atoms with Gasteiger partial charge in [-0.05, 0) is 22.4 Å². The van der Waals surface area contributed by atoms with Gasteiger partial charge in [-0.2, -0.15) is 5.26 Å². The van der Waals surface area contributed by atoms with Crippen LogP contribution in [-0.2, 0) is 25.5 Å². The fourth-order valence-electron chi connectivity index (χ4n) is 2.29. The van der Waals surface area contributed by atoms with Crippen LogP contribution in [0.4, 0.5) is 0 Å². The molecule has 25 heavy (non-hydrogen) atoms. The Balaban J connectivity index is 2.18. The summed E-state index contributed by atoms with van der Waals surface area (Å²) in [5.74, 6) is -2.50. The number of thiophene rings is 1. The van der Waals surface area contributed by atoms with E-state index in [2.05, 4.69) is 15.4 Å². The minimum absolute atomic E-state index is 0.158. The van der Waals surface area contributed by atoms with Crippen LogP contribution in [0.25, 0.3) is 10.1 Å². The molecule has 1 atom stereocenters. The van der Waals surface area contributed by atoms with Crippen molar-refractivity contribution in [3.63, 3.8) is 0 Å². The van der Waals surface area contributed by atoms with Gasteiger partial charge in [0.2, 0.25) is 5.91 Å². The molecule has 7 nitrogen and oxygen atoms in total. The monoisotopic (exact) mass is 359 g/mol. The number of benzene rings is 1. The molecule has 8 heteroatoms. The van der Waals surface area contributed by atoms with E-state index in [1.165, 1.54) is 11.3 Å². The van der Waals surface area contributed by atoms with Gasteiger partial charge in [0.25, 0.3) is 0 Å². The van der Waals surface area contributed by atoms with Crippen LogP contribution in [-0.4, -0.2) is 37.5 Å². The van der Waals surface area contributed by atoms with Crippen LogP contribution in [0.2, 0.25) is 0 Å². The number of nitrogens with zero attached hydrogens (tertiary/aromatic N) is 1. The molecule has 0 saturated carbocycles. The summed E-state index contributed by atoms with van der Waals surface area (Å²) in [5.41, 5.74) is 0.895. The molecule has 1 unspecified atom stereocenters. The van der Waals surface area contributed by atoms with E-state index in [1.807, 2.05) is 35.7 Å².